The second-order valence-corrected chi connectivity index (χ2v) is 5.08. The highest BCUT2D eigenvalue weighted by molar-refractivity contribution is 6.07. The zero-order chi connectivity index (χ0) is 17.7. The van der Waals surface area contributed by atoms with Crippen molar-refractivity contribution in [2.45, 2.75) is 19.6 Å². The fourth-order valence-electron chi connectivity index (χ4n) is 1.85. The van der Waals surface area contributed by atoms with Crippen LogP contribution in [0.2, 0.25) is 0 Å². The van der Waals surface area contributed by atoms with Crippen molar-refractivity contribution in [3.05, 3.63) is 53.5 Å². The Labute approximate surface area is 137 Å². The third-order valence-electron chi connectivity index (χ3n) is 3.13. The molecule has 0 fully saturated rings. The van der Waals surface area contributed by atoms with E-state index in [-0.39, 0.29) is 12.4 Å². The first-order valence-corrected chi connectivity index (χ1v) is 7.04. The Balaban J connectivity index is 1.96. The Bertz CT molecular complexity index is 737. The number of primary amides is 2. The number of rotatable bonds is 7. The molecule has 24 heavy (non-hydrogen) atoms. The molecule has 1 aromatic heterocycles. The van der Waals surface area contributed by atoms with Crippen LogP contribution in [0.1, 0.15) is 21.9 Å². The molecule has 8 nitrogen and oxygen atoms in total. The number of benzene rings is 1. The molecule has 0 aliphatic carbocycles. The lowest BCUT2D eigenvalue weighted by atomic mass is 10.2. The largest absolute Gasteiger partial charge is 0.486 e. The van der Waals surface area contributed by atoms with Crippen molar-refractivity contribution < 1.29 is 23.5 Å². The average Bonchev–Trinajstić information content (AvgIpc) is 3.00. The summed E-state index contributed by atoms with van der Waals surface area (Å²) in [5.41, 5.74) is 11.1. The van der Waals surface area contributed by atoms with E-state index in [9.17, 15) is 14.4 Å². The quantitative estimate of drug-likeness (QED) is 0.624. The second kappa shape index (κ2) is 7.32. The molecule has 5 N–H and O–H groups in total. The van der Waals surface area contributed by atoms with Crippen molar-refractivity contribution in [2.24, 2.45) is 11.5 Å². The number of ether oxygens (including phenoxy) is 1. The van der Waals surface area contributed by atoms with Crippen molar-refractivity contribution in [1.82, 2.24) is 5.32 Å². The van der Waals surface area contributed by atoms with Gasteiger partial charge in [-0.2, -0.15) is 0 Å². The van der Waals surface area contributed by atoms with Gasteiger partial charge in [-0.3, -0.25) is 14.4 Å². The van der Waals surface area contributed by atoms with Crippen molar-refractivity contribution in [2.75, 3.05) is 0 Å². The number of aryl methyl sites for hydroxylation is 1. The average molecular weight is 331 g/mol. The summed E-state index contributed by atoms with van der Waals surface area (Å²) in [4.78, 5) is 34.0. The number of carbonyl (C=O) groups is 3. The normalized spacial score (nSPS) is 10.4. The van der Waals surface area contributed by atoms with E-state index in [2.05, 4.69) is 5.32 Å². The number of amides is 3. The molecule has 1 heterocycles. The molecule has 0 saturated carbocycles. The minimum Gasteiger partial charge on any atom is -0.486 e. The van der Waals surface area contributed by atoms with Gasteiger partial charge in [0, 0.05) is 0 Å². The van der Waals surface area contributed by atoms with Gasteiger partial charge in [0.2, 0.25) is 11.8 Å². The Morgan fingerprint density at radius 2 is 1.71 bits per heavy atom. The minimum absolute atomic E-state index is 0.0926. The summed E-state index contributed by atoms with van der Waals surface area (Å²) in [5, 5.41) is 2.10. The number of nitrogens with one attached hydrogen (secondary N) is 1. The van der Waals surface area contributed by atoms with Gasteiger partial charge in [0.05, 0.1) is 0 Å². The fraction of sp³-hybridized carbons (Fsp3) is 0.188. The van der Waals surface area contributed by atoms with E-state index in [1.807, 2.05) is 31.2 Å². The third kappa shape index (κ3) is 4.35. The summed E-state index contributed by atoms with van der Waals surface area (Å²) in [6.07, 6.45) is 0. The van der Waals surface area contributed by atoms with Crippen molar-refractivity contribution in [3.63, 3.8) is 0 Å². The molecule has 8 heteroatoms. The van der Waals surface area contributed by atoms with Gasteiger partial charge in [-0.1, -0.05) is 17.7 Å². The maximum absolute atomic E-state index is 11.9. The summed E-state index contributed by atoms with van der Waals surface area (Å²) in [5.74, 6) is -1.92. The molecule has 0 bridgehead atoms. The predicted molar refractivity (Wildman–Crippen MR) is 83.9 cm³/mol. The molecular weight excluding hydrogens is 314 g/mol. The van der Waals surface area contributed by atoms with Gasteiger partial charge >= 0.3 is 0 Å². The Kier molecular flexibility index (Phi) is 5.20. The molecule has 1 aromatic carbocycles. The summed E-state index contributed by atoms with van der Waals surface area (Å²) in [6.45, 7) is 2.08. The number of carbonyl (C=O) groups excluding carboxylic acids is 3. The van der Waals surface area contributed by atoms with Gasteiger partial charge in [0.15, 0.2) is 11.8 Å². The van der Waals surface area contributed by atoms with Crippen LogP contribution in [-0.4, -0.2) is 23.8 Å². The number of hydrogen-bond acceptors (Lipinski definition) is 5. The van der Waals surface area contributed by atoms with Gasteiger partial charge in [0.1, 0.15) is 18.1 Å². The van der Waals surface area contributed by atoms with E-state index in [0.717, 1.165) is 5.56 Å². The van der Waals surface area contributed by atoms with E-state index in [0.29, 0.717) is 11.5 Å². The minimum atomic E-state index is -1.60. The van der Waals surface area contributed by atoms with Crippen LogP contribution in [0.4, 0.5) is 0 Å². The van der Waals surface area contributed by atoms with Crippen LogP contribution in [0.3, 0.4) is 0 Å². The summed E-state index contributed by atoms with van der Waals surface area (Å²) in [6, 6.07) is 8.78. The lowest BCUT2D eigenvalue weighted by Gasteiger charge is -2.10. The smallest absolute Gasteiger partial charge is 0.288 e. The van der Waals surface area contributed by atoms with E-state index in [1.54, 1.807) is 6.07 Å². The topological polar surface area (TPSA) is 138 Å². The van der Waals surface area contributed by atoms with Crippen molar-refractivity contribution in [3.8, 4) is 5.75 Å². The molecule has 2 rings (SSSR count). The maximum atomic E-state index is 11.9. The van der Waals surface area contributed by atoms with Crippen LogP contribution in [0, 0.1) is 6.92 Å². The molecule has 126 valence electrons. The van der Waals surface area contributed by atoms with Gasteiger partial charge in [-0.15, -0.1) is 0 Å². The summed E-state index contributed by atoms with van der Waals surface area (Å²) >= 11 is 0. The van der Waals surface area contributed by atoms with Crippen LogP contribution in [0.25, 0.3) is 0 Å². The number of furan rings is 1. The molecule has 0 unspecified atom stereocenters. The maximum Gasteiger partial charge on any atom is 0.288 e. The van der Waals surface area contributed by atoms with Gasteiger partial charge in [-0.05, 0) is 31.2 Å². The zero-order valence-electron chi connectivity index (χ0n) is 12.9. The fourth-order valence-corrected chi connectivity index (χ4v) is 1.85. The molecule has 0 aliphatic heterocycles. The monoisotopic (exact) mass is 331 g/mol. The standard InChI is InChI=1S/C16H17N3O5/c1-9-2-4-10(5-3-9)23-8-11-6-7-12(24-11)16(22)19-13(14(17)20)15(18)21/h2-7,13H,8H2,1H3,(H2,17,20)(H2,18,21)(H,19,22). The SMILES string of the molecule is Cc1ccc(OCc2ccc(C(=O)NC(C(N)=O)C(N)=O)o2)cc1. The first kappa shape index (κ1) is 17.1. The lowest BCUT2D eigenvalue weighted by molar-refractivity contribution is -0.128. The highest BCUT2D eigenvalue weighted by Crippen LogP contribution is 2.15. The molecule has 0 aliphatic rings. The first-order valence-electron chi connectivity index (χ1n) is 7.04. The summed E-state index contributed by atoms with van der Waals surface area (Å²) in [7, 11) is 0. The summed E-state index contributed by atoms with van der Waals surface area (Å²) < 4.78 is 10.8. The first-order chi connectivity index (χ1) is 11.4. The highest BCUT2D eigenvalue weighted by Gasteiger charge is 2.25. The Morgan fingerprint density at radius 3 is 2.29 bits per heavy atom. The Hall–Kier alpha value is -3.29. The molecule has 0 radical (unpaired) electrons. The molecular formula is C16H17N3O5. The van der Waals surface area contributed by atoms with E-state index in [1.165, 1.54) is 6.07 Å². The molecule has 0 spiro atoms. The van der Waals surface area contributed by atoms with Crippen LogP contribution in [-0.2, 0) is 16.2 Å². The lowest BCUT2D eigenvalue weighted by Crippen LogP contribution is -2.52. The van der Waals surface area contributed by atoms with Crippen molar-refractivity contribution >= 4 is 17.7 Å². The predicted octanol–water partition coefficient (Wildman–Crippen LogP) is 0.236. The van der Waals surface area contributed by atoms with Crippen LogP contribution < -0.4 is 21.5 Å². The molecule has 2 aromatic rings. The van der Waals surface area contributed by atoms with Crippen LogP contribution in [0.15, 0.2) is 40.8 Å². The van der Waals surface area contributed by atoms with Gasteiger partial charge in [-0.25, -0.2) is 0 Å². The third-order valence-corrected chi connectivity index (χ3v) is 3.13. The zero-order valence-corrected chi connectivity index (χ0v) is 12.9. The van der Waals surface area contributed by atoms with E-state index in [4.69, 9.17) is 20.6 Å². The van der Waals surface area contributed by atoms with E-state index >= 15 is 0 Å². The molecule has 3 amide bonds. The van der Waals surface area contributed by atoms with E-state index < -0.39 is 23.8 Å². The van der Waals surface area contributed by atoms with Gasteiger partial charge in [0.25, 0.3) is 5.91 Å². The second-order valence-electron chi connectivity index (χ2n) is 5.08. The van der Waals surface area contributed by atoms with Crippen molar-refractivity contribution in [1.29, 1.82) is 0 Å². The van der Waals surface area contributed by atoms with Gasteiger partial charge < -0.3 is 25.9 Å². The van der Waals surface area contributed by atoms with Crippen LogP contribution in [0.5, 0.6) is 5.75 Å². The highest BCUT2D eigenvalue weighted by atomic mass is 16.5. The van der Waals surface area contributed by atoms with Crippen LogP contribution >= 0.6 is 0 Å². The number of nitrogens with two attached hydrogens (primary N) is 2. The molecule has 0 saturated heterocycles. The Morgan fingerprint density at radius 1 is 1.08 bits per heavy atom. The number of hydrogen-bond donors (Lipinski definition) is 3. The molecule has 0 atom stereocenters.